The summed E-state index contributed by atoms with van der Waals surface area (Å²) in [5, 5.41) is 4.38. The fourth-order valence-electron chi connectivity index (χ4n) is 2.15. The molecular formula is C12H21N3. The highest BCUT2D eigenvalue weighted by molar-refractivity contribution is 5.13. The van der Waals surface area contributed by atoms with E-state index in [9.17, 15) is 0 Å². The van der Waals surface area contributed by atoms with Crippen molar-refractivity contribution in [2.75, 3.05) is 0 Å². The molecule has 0 radical (unpaired) electrons. The predicted octanol–water partition coefficient (Wildman–Crippen LogP) is 2.10. The van der Waals surface area contributed by atoms with Gasteiger partial charge in [-0.3, -0.25) is 4.68 Å². The van der Waals surface area contributed by atoms with Gasteiger partial charge in [0.2, 0.25) is 0 Å². The van der Waals surface area contributed by atoms with Crippen LogP contribution in [0.15, 0.2) is 6.07 Å². The van der Waals surface area contributed by atoms with E-state index in [1.54, 1.807) is 0 Å². The minimum absolute atomic E-state index is 0.182. The summed E-state index contributed by atoms with van der Waals surface area (Å²) in [4.78, 5) is 0. The number of nitrogens with two attached hydrogens (primary N) is 1. The molecule has 1 fully saturated rings. The van der Waals surface area contributed by atoms with Crippen molar-refractivity contribution in [2.24, 2.45) is 12.8 Å². The van der Waals surface area contributed by atoms with Crippen molar-refractivity contribution >= 4 is 0 Å². The normalized spacial score (nSPS) is 20.3. The number of hydrogen-bond acceptors (Lipinski definition) is 2. The van der Waals surface area contributed by atoms with Crippen LogP contribution in [0.25, 0.3) is 0 Å². The molecule has 3 heteroatoms. The second-order valence-electron chi connectivity index (χ2n) is 5.14. The van der Waals surface area contributed by atoms with Crippen LogP contribution < -0.4 is 5.73 Å². The summed E-state index contributed by atoms with van der Waals surface area (Å²) in [6.07, 6.45) is 4.75. The van der Waals surface area contributed by atoms with Crippen molar-refractivity contribution in [3.8, 4) is 0 Å². The Balaban J connectivity index is 1.95. The summed E-state index contributed by atoms with van der Waals surface area (Å²) < 4.78 is 2.00. The third kappa shape index (κ3) is 2.40. The molecule has 1 aromatic heterocycles. The molecule has 0 spiro atoms. The number of aromatic nitrogens is 2. The zero-order valence-corrected chi connectivity index (χ0v) is 9.95. The Morgan fingerprint density at radius 2 is 2.27 bits per heavy atom. The third-order valence-corrected chi connectivity index (χ3v) is 3.51. The fraction of sp³-hybridized carbons (Fsp3) is 0.750. The van der Waals surface area contributed by atoms with Gasteiger partial charge in [0.05, 0.1) is 5.69 Å². The highest BCUT2D eigenvalue weighted by atomic mass is 15.3. The largest absolute Gasteiger partial charge is 0.325 e. The maximum Gasteiger partial charge on any atom is 0.0596 e. The van der Waals surface area contributed by atoms with Crippen molar-refractivity contribution in [1.29, 1.82) is 0 Å². The van der Waals surface area contributed by atoms with Crippen molar-refractivity contribution in [2.45, 2.75) is 51.0 Å². The first-order chi connectivity index (χ1) is 7.00. The average Bonchev–Trinajstić information content (AvgIpc) is 2.80. The standard InChI is InChI=1S/C12H21N3/c1-9(4-5-12(13)6-7-12)11-8-10(2)14-15(11)3/h8-9H,4-7,13H2,1-3H3. The molecule has 1 heterocycles. The molecule has 0 saturated heterocycles. The van der Waals surface area contributed by atoms with Gasteiger partial charge in [-0.2, -0.15) is 5.10 Å². The van der Waals surface area contributed by atoms with Crippen molar-refractivity contribution < 1.29 is 0 Å². The van der Waals surface area contributed by atoms with Crippen LogP contribution in [0.4, 0.5) is 0 Å². The Labute approximate surface area is 91.7 Å². The summed E-state index contributed by atoms with van der Waals surface area (Å²) in [7, 11) is 2.02. The molecule has 1 unspecified atom stereocenters. The SMILES string of the molecule is Cc1cc(C(C)CCC2(N)CC2)n(C)n1. The smallest absolute Gasteiger partial charge is 0.0596 e. The van der Waals surface area contributed by atoms with E-state index >= 15 is 0 Å². The molecule has 1 atom stereocenters. The van der Waals surface area contributed by atoms with Gasteiger partial charge in [-0.1, -0.05) is 6.92 Å². The minimum atomic E-state index is 0.182. The molecule has 2 rings (SSSR count). The molecule has 0 aliphatic heterocycles. The molecule has 2 N–H and O–H groups in total. The number of nitrogens with zero attached hydrogens (tertiary/aromatic N) is 2. The summed E-state index contributed by atoms with van der Waals surface area (Å²) in [6.45, 7) is 4.31. The van der Waals surface area contributed by atoms with Gasteiger partial charge in [0.25, 0.3) is 0 Å². The van der Waals surface area contributed by atoms with E-state index < -0.39 is 0 Å². The van der Waals surface area contributed by atoms with E-state index in [-0.39, 0.29) is 5.54 Å². The Morgan fingerprint density at radius 3 is 2.73 bits per heavy atom. The average molecular weight is 207 g/mol. The van der Waals surface area contributed by atoms with Gasteiger partial charge in [-0.15, -0.1) is 0 Å². The lowest BCUT2D eigenvalue weighted by Crippen LogP contribution is -2.22. The monoisotopic (exact) mass is 207 g/mol. The Kier molecular flexibility index (Phi) is 2.59. The first-order valence-electron chi connectivity index (χ1n) is 5.80. The van der Waals surface area contributed by atoms with E-state index in [1.165, 1.54) is 25.0 Å². The first-order valence-corrected chi connectivity index (χ1v) is 5.80. The van der Waals surface area contributed by atoms with E-state index in [2.05, 4.69) is 18.1 Å². The van der Waals surface area contributed by atoms with Crippen molar-refractivity contribution in [3.05, 3.63) is 17.5 Å². The molecular weight excluding hydrogens is 186 g/mol. The van der Waals surface area contributed by atoms with Crippen molar-refractivity contribution in [1.82, 2.24) is 9.78 Å². The number of hydrogen-bond donors (Lipinski definition) is 1. The van der Waals surface area contributed by atoms with Crippen molar-refractivity contribution in [3.63, 3.8) is 0 Å². The van der Waals surface area contributed by atoms with Gasteiger partial charge >= 0.3 is 0 Å². The van der Waals surface area contributed by atoms with Crippen LogP contribution in [-0.4, -0.2) is 15.3 Å². The molecule has 84 valence electrons. The fourth-order valence-corrected chi connectivity index (χ4v) is 2.15. The van der Waals surface area contributed by atoms with Gasteiger partial charge in [-0.05, 0) is 44.6 Å². The summed E-state index contributed by atoms with van der Waals surface area (Å²) in [5.41, 5.74) is 8.71. The second kappa shape index (κ2) is 3.63. The van der Waals surface area contributed by atoms with Gasteiger partial charge in [0.15, 0.2) is 0 Å². The highest BCUT2D eigenvalue weighted by Crippen LogP contribution is 2.38. The van der Waals surface area contributed by atoms with E-state index in [0.717, 1.165) is 12.1 Å². The second-order valence-corrected chi connectivity index (χ2v) is 5.14. The Bertz CT molecular complexity index is 350. The van der Waals surface area contributed by atoms with Crippen LogP contribution in [0.3, 0.4) is 0 Å². The predicted molar refractivity (Wildman–Crippen MR) is 61.7 cm³/mol. The molecule has 1 aromatic rings. The van der Waals surface area contributed by atoms with E-state index in [4.69, 9.17) is 5.73 Å². The van der Waals surface area contributed by atoms with Crippen LogP contribution in [0, 0.1) is 6.92 Å². The molecule has 1 aliphatic rings. The van der Waals surface area contributed by atoms with Crippen LogP contribution in [0.2, 0.25) is 0 Å². The molecule has 0 amide bonds. The van der Waals surface area contributed by atoms with E-state index in [1.807, 2.05) is 18.7 Å². The first kappa shape index (κ1) is 10.7. The minimum Gasteiger partial charge on any atom is -0.325 e. The van der Waals surface area contributed by atoms with Crippen LogP contribution in [0.1, 0.15) is 49.9 Å². The molecule has 1 aliphatic carbocycles. The molecule has 15 heavy (non-hydrogen) atoms. The topological polar surface area (TPSA) is 43.8 Å². The van der Waals surface area contributed by atoms with Gasteiger partial charge < -0.3 is 5.73 Å². The Morgan fingerprint density at radius 1 is 1.60 bits per heavy atom. The number of rotatable bonds is 4. The Hall–Kier alpha value is -0.830. The maximum atomic E-state index is 6.09. The zero-order valence-electron chi connectivity index (χ0n) is 9.95. The van der Waals surface area contributed by atoms with Gasteiger partial charge in [0.1, 0.15) is 0 Å². The van der Waals surface area contributed by atoms with Crippen LogP contribution in [-0.2, 0) is 7.05 Å². The van der Waals surface area contributed by atoms with Gasteiger partial charge in [-0.25, -0.2) is 0 Å². The third-order valence-electron chi connectivity index (χ3n) is 3.51. The number of aryl methyl sites for hydroxylation is 2. The zero-order chi connectivity index (χ0) is 11.1. The lowest BCUT2D eigenvalue weighted by atomic mass is 9.97. The maximum absolute atomic E-state index is 6.09. The van der Waals surface area contributed by atoms with E-state index in [0.29, 0.717) is 5.92 Å². The molecule has 1 saturated carbocycles. The van der Waals surface area contributed by atoms with Crippen LogP contribution in [0.5, 0.6) is 0 Å². The molecule has 3 nitrogen and oxygen atoms in total. The quantitative estimate of drug-likeness (QED) is 0.821. The summed E-state index contributed by atoms with van der Waals surface area (Å²) in [6, 6.07) is 2.18. The molecule has 0 bridgehead atoms. The summed E-state index contributed by atoms with van der Waals surface area (Å²) >= 11 is 0. The van der Waals surface area contributed by atoms with Gasteiger partial charge in [0, 0.05) is 18.3 Å². The lowest BCUT2D eigenvalue weighted by molar-refractivity contribution is 0.512. The molecule has 0 aromatic carbocycles. The lowest BCUT2D eigenvalue weighted by Gasteiger charge is -2.14. The van der Waals surface area contributed by atoms with Crippen LogP contribution >= 0.6 is 0 Å². The highest BCUT2D eigenvalue weighted by Gasteiger charge is 2.37. The summed E-state index contributed by atoms with van der Waals surface area (Å²) in [5.74, 6) is 0.567.